The minimum absolute atomic E-state index is 0.00422. The molecule has 1 saturated heterocycles. The number of ether oxygens (including phenoxy) is 2. The third-order valence-electron chi connectivity index (χ3n) is 11.2. The van der Waals surface area contributed by atoms with Crippen LogP contribution in [0.15, 0.2) is 47.8 Å². The van der Waals surface area contributed by atoms with E-state index in [1.807, 2.05) is 23.5 Å². The minimum Gasteiger partial charge on any atom is -0.494 e. The van der Waals surface area contributed by atoms with Crippen LogP contribution in [0, 0.1) is 0 Å². The van der Waals surface area contributed by atoms with Gasteiger partial charge in [-0.2, -0.15) is 0 Å². The summed E-state index contributed by atoms with van der Waals surface area (Å²) in [4.78, 5) is 20.0. The normalized spacial score (nSPS) is 16.7. The second-order valence-corrected chi connectivity index (χ2v) is 16.8. The lowest BCUT2D eigenvalue weighted by Crippen LogP contribution is -2.46. The first kappa shape index (κ1) is 41.5. The molecular weight excluding hydrogens is 681 g/mol. The molecule has 3 heterocycles. The van der Waals surface area contributed by atoms with E-state index >= 15 is 0 Å². The van der Waals surface area contributed by atoms with Gasteiger partial charge in [0.15, 0.2) is 0 Å². The summed E-state index contributed by atoms with van der Waals surface area (Å²) in [5.41, 5.74) is 2.98. The van der Waals surface area contributed by atoms with Crippen LogP contribution in [-0.2, 0) is 14.9 Å². The van der Waals surface area contributed by atoms with Crippen molar-refractivity contribution < 1.29 is 19.4 Å². The van der Waals surface area contributed by atoms with E-state index in [0.717, 1.165) is 75.4 Å². The van der Waals surface area contributed by atoms with Crippen molar-refractivity contribution in [2.75, 3.05) is 62.4 Å². The Kier molecular flexibility index (Phi) is 17.2. The lowest BCUT2D eigenvalue weighted by molar-refractivity contribution is -0.133. The third-order valence-corrected chi connectivity index (χ3v) is 12.0. The zero-order chi connectivity index (χ0) is 37.3. The van der Waals surface area contributed by atoms with Gasteiger partial charge in [-0.3, -0.25) is 19.9 Å². The van der Waals surface area contributed by atoms with Gasteiger partial charge in [0.2, 0.25) is 12.3 Å². The van der Waals surface area contributed by atoms with E-state index in [1.54, 1.807) is 4.90 Å². The Balaban J connectivity index is 0.958. The molecule has 2 aliphatic rings. The smallest absolute Gasteiger partial charge is 0.229 e. The van der Waals surface area contributed by atoms with Crippen LogP contribution >= 0.6 is 11.3 Å². The Morgan fingerprint density at radius 3 is 2.25 bits per heavy atom. The number of rotatable bonds is 25. The molecule has 0 radical (unpaired) electrons. The maximum Gasteiger partial charge on any atom is 0.229 e. The summed E-state index contributed by atoms with van der Waals surface area (Å²) in [7, 11) is 0. The monoisotopic (exact) mass is 748 g/mol. The Bertz CT molecular complexity index is 1500. The van der Waals surface area contributed by atoms with E-state index in [9.17, 15) is 9.90 Å². The molecule has 2 aliphatic heterocycles. The van der Waals surface area contributed by atoms with Crippen molar-refractivity contribution in [3.63, 3.8) is 0 Å². The van der Waals surface area contributed by atoms with Crippen LogP contribution < -0.4 is 19.9 Å². The molecule has 1 unspecified atom stereocenters. The average Bonchev–Trinajstić information content (AvgIpc) is 3.64. The van der Waals surface area contributed by atoms with Gasteiger partial charge < -0.3 is 19.5 Å². The molecule has 1 aromatic heterocycles. The van der Waals surface area contributed by atoms with Crippen molar-refractivity contribution in [2.24, 2.45) is 0 Å². The van der Waals surface area contributed by atoms with Crippen molar-refractivity contribution in [3.05, 3.63) is 53.4 Å². The summed E-state index contributed by atoms with van der Waals surface area (Å²) in [5, 5.41) is 17.2. The van der Waals surface area contributed by atoms with Crippen LogP contribution in [0.4, 0.5) is 11.4 Å². The summed E-state index contributed by atoms with van der Waals surface area (Å²) >= 11 is 1.81. The van der Waals surface area contributed by atoms with Gasteiger partial charge in [0.25, 0.3) is 0 Å². The Labute approximate surface area is 324 Å². The molecule has 5 rings (SSSR count). The number of aliphatic hydroxyl groups is 1. The van der Waals surface area contributed by atoms with Crippen LogP contribution in [0.5, 0.6) is 5.75 Å². The molecule has 3 aromatic rings. The second kappa shape index (κ2) is 22.0. The van der Waals surface area contributed by atoms with E-state index in [2.05, 4.69) is 71.6 Å². The number of carbonyl (C=O) groups is 1. The van der Waals surface area contributed by atoms with Gasteiger partial charge in [-0.25, -0.2) is 0 Å². The van der Waals surface area contributed by atoms with Crippen LogP contribution in [-0.4, -0.2) is 74.9 Å². The van der Waals surface area contributed by atoms with Gasteiger partial charge in [-0.15, -0.1) is 11.3 Å². The number of hydrogen-bond donors (Lipinski definition) is 2. The van der Waals surface area contributed by atoms with Crippen LogP contribution in [0.25, 0.3) is 10.1 Å². The number of carbonyl (C=O) groups excluding carboxylic acids is 1. The summed E-state index contributed by atoms with van der Waals surface area (Å²) in [6, 6.07) is 15.0. The molecule has 53 heavy (non-hydrogen) atoms. The van der Waals surface area contributed by atoms with E-state index in [4.69, 9.17) is 9.47 Å². The number of amides is 1. The zero-order valence-electron chi connectivity index (χ0n) is 33.1. The van der Waals surface area contributed by atoms with Gasteiger partial charge in [0.1, 0.15) is 12.5 Å². The van der Waals surface area contributed by atoms with Gasteiger partial charge in [-0.05, 0) is 67.6 Å². The Morgan fingerprint density at radius 1 is 0.830 bits per heavy atom. The lowest BCUT2D eigenvalue weighted by Gasteiger charge is -2.38. The predicted molar refractivity (Wildman–Crippen MR) is 222 cm³/mol. The fourth-order valence-corrected chi connectivity index (χ4v) is 8.71. The molecule has 1 fully saturated rings. The molecule has 1 amide bonds. The first-order valence-corrected chi connectivity index (χ1v) is 21.8. The molecule has 0 saturated carbocycles. The van der Waals surface area contributed by atoms with Crippen molar-refractivity contribution in [3.8, 4) is 5.75 Å². The van der Waals surface area contributed by atoms with Crippen molar-refractivity contribution in [2.45, 2.75) is 135 Å². The number of benzene rings is 2. The van der Waals surface area contributed by atoms with E-state index in [0.29, 0.717) is 19.6 Å². The molecule has 0 aliphatic carbocycles. The first-order chi connectivity index (χ1) is 25.9. The minimum atomic E-state index is -1.11. The van der Waals surface area contributed by atoms with Gasteiger partial charge in [0.05, 0.1) is 12.3 Å². The largest absolute Gasteiger partial charge is 0.494 e. The van der Waals surface area contributed by atoms with Gasteiger partial charge >= 0.3 is 0 Å². The van der Waals surface area contributed by atoms with Crippen molar-refractivity contribution in [1.29, 1.82) is 0 Å². The van der Waals surface area contributed by atoms with E-state index < -0.39 is 6.41 Å². The highest BCUT2D eigenvalue weighted by Gasteiger charge is 2.37. The van der Waals surface area contributed by atoms with Crippen LogP contribution in [0.1, 0.15) is 129 Å². The molecule has 0 spiro atoms. The predicted octanol–water partition coefficient (Wildman–Crippen LogP) is 9.83. The van der Waals surface area contributed by atoms with E-state index in [-0.39, 0.29) is 18.1 Å². The second-order valence-electron chi connectivity index (χ2n) is 15.9. The molecule has 9 heteroatoms. The number of nitrogens with one attached hydrogen (secondary N) is 1. The standard InChI is InChI=1S/C44H68N4O4S/c1-4-5-6-7-8-9-10-11-12-13-14-15-16-25-45-43(50)52-35-48-40-33-36(22-23-38(40)44(2,3)34-42(48)49)51-31-18-17-26-46-27-29-47(30-28-46)39-20-19-21-41-37(39)24-32-53-41/h19-24,32-33,43,45,50H,4-18,25-31,34-35H2,1-3H3. The van der Waals surface area contributed by atoms with Crippen LogP contribution in [0.2, 0.25) is 0 Å². The summed E-state index contributed by atoms with van der Waals surface area (Å²) in [5.74, 6) is 0.756. The number of piperazine rings is 1. The number of anilines is 2. The first-order valence-electron chi connectivity index (χ1n) is 20.9. The van der Waals surface area contributed by atoms with Gasteiger partial charge in [0, 0.05) is 59.9 Å². The Morgan fingerprint density at radius 2 is 1.53 bits per heavy atom. The third kappa shape index (κ3) is 13.0. The number of fused-ring (bicyclic) bond motifs is 2. The number of thiophene rings is 1. The molecule has 2 N–H and O–H groups in total. The molecule has 0 bridgehead atoms. The highest BCUT2D eigenvalue weighted by atomic mass is 32.1. The molecule has 8 nitrogen and oxygen atoms in total. The summed E-state index contributed by atoms with van der Waals surface area (Å²) in [6.07, 6.45) is 18.4. The molecular formula is C44H68N4O4S. The van der Waals surface area contributed by atoms with E-state index in [1.165, 1.54) is 86.4 Å². The van der Waals surface area contributed by atoms with Gasteiger partial charge in [-0.1, -0.05) is 110 Å². The molecule has 294 valence electrons. The summed E-state index contributed by atoms with van der Waals surface area (Å²) in [6.45, 7) is 13.2. The number of aliphatic hydroxyl groups excluding tert-OH is 1. The fourth-order valence-electron chi connectivity index (χ4n) is 7.91. The Hall–Kier alpha value is -2.69. The maximum atomic E-state index is 13.3. The molecule has 1 atom stereocenters. The highest BCUT2D eigenvalue weighted by Crippen LogP contribution is 2.42. The number of nitrogens with zero attached hydrogens (tertiary/aromatic N) is 3. The number of hydrogen-bond acceptors (Lipinski definition) is 8. The lowest BCUT2D eigenvalue weighted by atomic mass is 9.77. The number of unbranched alkanes of at least 4 members (excludes halogenated alkanes) is 13. The van der Waals surface area contributed by atoms with Crippen molar-refractivity contribution in [1.82, 2.24) is 10.2 Å². The fraction of sp³-hybridized carbons (Fsp3) is 0.659. The van der Waals surface area contributed by atoms with Crippen molar-refractivity contribution >= 4 is 38.7 Å². The topological polar surface area (TPSA) is 77.5 Å². The molecule has 2 aromatic carbocycles. The average molecular weight is 749 g/mol. The highest BCUT2D eigenvalue weighted by molar-refractivity contribution is 7.17. The van der Waals surface area contributed by atoms with Crippen LogP contribution in [0.3, 0.4) is 0 Å². The zero-order valence-corrected chi connectivity index (χ0v) is 33.9. The maximum absolute atomic E-state index is 13.3. The SMILES string of the molecule is CCCCCCCCCCCCCCCNC(O)OCN1C(=O)CC(C)(C)c2ccc(OCCCCN3CCN(c4cccc5sccc45)CC3)cc21. The quantitative estimate of drug-likeness (QED) is 0.0660. The summed E-state index contributed by atoms with van der Waals surface area (Å²) < 4.78 is 13.3.